The molecule has 1 aromatic heterocycles. The first-order valence-corrected chi connectivity index (χ1v) is 11.0. The standard InChI is InChI=1S/C25H30FN3O2/c1-19-6-7-24-21(14-19)16-22(17-27-8-3-9-28-10-12-31-13-11-28)25(30)29(24)18-20-4-2-5-23(26)15-20/h2,4-7,14-16,27H,3,8-13,17-18H2,1H3. The zero-order chi connectivity index (χ0) is 21.6. The summed E-state index contributed by atoms with van der Waals surface area (Å²) in [5.74, 6) is -0.288. The number of nitrogens with zero attached hydrogens (tertiary/aromatic N) is 2. The van der Waals surface area contributed by atoms with Gasteiger partial charge in [-0.05, 0) is 67.7 Å². The lowest BCUT2D eigenvalue weighted by atomic mass is 10.1. The molecule has 1 aliphatic heterocycles. The smallest absolute Gasteiger partial charge is 0.255 e. The van der Waals surface area contributed by atoms with Crippen LogP contribution in [0.5, 0.6) is 0 Å². The van der Waals surface area contributed by atoms with Gasteiger partial charge in [-0.3, -0.25) is 9.69 Å². The van der Waals surface area contributed by atoms with Crippen LogP contribution in [0, 0.1) is 12.7 Å². The molecular weight excluding hydrogens is 393 g/mol. The van der Waals surface area contributed by atoms with Gasteiger partial charge in [0.1, 0.15) is 5.82 Å². The number of morpholine rings is 1. The summed E-state index contributed by atoms with van der Waals surface area (Å²) in [6.07, 6.45) is 1.03. The van der Waals surface area contributed by atoms with Crippen LogP contribution in [-0.2, 0) is 17.8 Å². The molecule has 0 aliphatic carbocycles. The average Bonchev–Trinajstić information content (AvgIpc) is 2.77. The minimum absolute atomic E-state index is 0.0266. The number of pyridine rings is 1. The topological polar surface area (TPSA) is 46.5 Å². The van der Waals surface area contributed by atoms with Crippen LogP contribution in [0.2, 0.25) is 0 Å². The number of aromatic nitrogens is 1. The summed E-state index contributed by atoms with van der Waals surface area (Å²) in [5.41, 5.74) is 3.51. The van der Waals surface area contributed by atoms with Crippen molar-refractivity contribution in [1.29, 1.82) is 0 Å². The second-order valence-electron chi connectivity index (χ2n) is 8.24. The number of nitrogens with one attached hydrogen (secondary N) is 1. The summed E-state index contributed by atoms with van der Waals surface area (Å²) >= 11 is 0. The van der Waals surface area contributed by atoms with Crippen LogP contribution in [0.1, 0.15) is 23.1 Å². The van der Waals surface area contributed by atoms with Gasteiger partial charge in [0.05, 0.1) is 25.3 Å². The zero-order valence-electron chi connectivity index (χ0n) is 18.1. The first-order valence-electron chi connectivity index (χ1n) is 11.0. The Morgan fingerprint density at radius 1 is 1.10 bits per heavy atom. The highest BCUT2D eigenvalue weighted by Crippen LogP contribution is 2.17. The summed E-state index contributed by atoms with van der Waals surface area (Å²) in [4.78, 5) is 15.7. The number of ether oxygens (including phenoxy) is 1. The molecule has 0 saturated carbocycles. The molecule has 0 atom stereocenters. The maximum atomic E-state index is 13.7. The number of rotatable bonds is 8. The molecule has 5 nitrogen and oxygen atoms in total. The highest BCUT2D eigenvalue weighted by molar-refractivity contribution is 5.80. The van der Waals surface area contributed by atoms with E-state index >= 15 is 0 Å². The van der Waals surface area contributed by atoms with Crippen molar-refractivity contribution in [3.05, 3.63) is 81.4 Å². The fraction of sp³-hybridized carbons (Fsp3) is 0.400. The van der Waals surface area contributed by atoms with E-state index in [1.165, 1.54) is 12.1 Å². The summed E-state index contributed by atoms with van der Waals surface area (Å²) in [6.45, 7) is 8.43. The molecule has 0 radical (unpaired) electrons. The lowest BCUT2D eigenvalue weighted by Crippen LogP contribution is -2.37. The van der Waals surface area contributed by atoms with Crippen molar-refractivity contribution in [2.45, 2.75) is 26.4 Å². The molecule has 0 unspecified atom stereocenters. The molecular formula is C25H30FN3O2. The molecule has 0 bridgehead atoms. The molecule has 6 heteroatoms. The van der Waals surface area contributed by atoms with Crippen LogP contribution in [0.3, 0.4) is 0 Å². The third kappa shape index (κ3) is 5.58. The first kappa shape index (κ1) is 21.7. The highest BCUT2D eigenvalue weighted by atomic mass is 19.1. The van der Waals surface area contributed by atoms with Crippen LogP contribution >= 0.6 is 0 Å². The number of benzene rings is 2. The molecule has 1 N–H and O–H groups in total. The summed E-state index contributed by atoms with van der Waals surface area (Å²) < 4.78 is 20.8. The molecule has 0 amide bonds. The van der Waals surface area contributed by atoms with Gasteiger partial charge in [0.2, 0.25) is 0 Å². The van der Waals surface area contributed by atoms with E-state index in [-0.39, 0.29) is 11.4 Å². The number of fused-ring (bicyclic) bond motifs is 1. The van der Waals surface area contributed by atoms with Gasteiger partial charge in [-0.2, -0.15) is 0 Å². The number of halogens is 1. The Morgan fingerprint density at radius 2 is 1.94 bits per heavy atom. The normalized spacial score (nSPS) is 14.9. The molecule has 1 saturated heterocycles. The van der Waals surface area contributed by atoms with Crippen LogP contribution in [0.25, 0.3) is 10.9 Å². The lowest BCUT2D eigenvalue weighted by molar-refractivity contribution is 0.0374. The molecule has 164 valence electrons. The third-order valence-electron chi connectivity index (χ3n) is 5.80. The van der Waals surface area contributed by atoms with E-state index in [1.807, 2.05) is 31.2 Å². The maximum absolute atomic E-state index is 13.7. The van der Waals surface area contributed by atoms with E-state index in [2.05, 4.69) is 16.3 Å². The van der Waals surface area contributed by atoms with Gasteiger partial charge in [0, 0.05) is 25.2 Å². The third-order valence-corrected chi connectivity index (χ3v) is 5.80. The fourth-order valence-electron chi connectivity index (χ4n) is 4.14. The van der Waals surface area contributed by atoms with Crippen LogP contribution in [-0.4, -0.2) is 48.9 Å². The lowest BCUT2D eigenvalue weighted by Gasteiger charge is -2.26. The molecule has 1 aliphatic rings. The van der Waals surface area contributed by atoms with Crippen molar-refractivity contribution < 1.29 is 9.13 Å². The van der Waals surface area contributed by atoms with E-state index in [1.54, 1.807) is 10.6 Å². The van der Waals surface area contributed by atoms with Crippen LogP contribution in [0.15, 0.2) is 53.3 Å². The van der Waals surface area contributed by atoms with Gasteiger partial charge >= 0.3 is 0 Å². The van der Waals surface area contributed by atoms with Crippen molar-refractivity contribution in [1.82, 2.24) is 14.8 Å². The van der Waals surface area contributed by atoms with Gasteiger partial charge in [0.15, 0.2) is 0 Å². The van der Waals surface area contributed by atoms with Crippen molar-refractivity contribution in [3.8, 4) is 0 Å². The second kappa shape index (κ2) is 10.2. The Morgan fingerprint density at radius 3 is 2.74 bits per heavy atom. The average molecular weight is 424 g/mol. The summed E-state index contributed by atoms with van der Waals surface area (Å²) in [5, 5.41) is 4.46. The Hall–Kier alpha value is -2.54. The van der Waals surface area contributed by atoms with Gasteiger partial charge in [-0.1, -0.05) is 23.8 Å². The largest absolute Gasteiger partial charge is 0.379 e. The van der Waals surface area contributed by atoms with Gasteiger partial charge < -0.3 is 14.6 Å². The van der Waals surface area contributed by atoms with E-state index in [4.69, 9.17) is 4.74 Å². The predicted octanol–water partition coefficient (Wildman–Crippen LogP) is 3.31. The van der Waals surface area contributed by atoms with E-state index < -0.39 is 0 Å². The SMILES string of the molecule is Cc1ccc2c(c1)cc(CNCCCN1CCOCC1)c(=O)n2Cc1cccc(F)c1. The van der Waals surface area contributed by atoms with Crippen molar-refractivity contribution in [3.63, 3.8) is 0 Å². The van der Waals surface area contributed by atoms with Gasteiger partial charge in [-0.15, -0.1) is 0 Å². The zero-order valence-corrected chi connectivity index (χ0v) is 18.1. The minimum atomic E-state index is -0.288. The molecule has 3 aromatic rings. The van der Waals surface area contributed by atoms with Gasteiger partial charge in [-0.25, -0.2) is 4.39 Å². The van der Waals surface area contributed by atoms with E-state index in [0.717, 1.165) is 73.4 Å². The molecule has 2 heterocycles. The molecule has 4 rings (SSSR count). The van der Waals surface area contributed by atoms with Crippen molar-refractivity contribution >= 4 is 10.9 Å². The summed E-state index contributed by atoms with van der Waals surface area (Å²) in [6, 6.07) is 14.5. The number of aryl methyl sites for hydroxylation is 1. The molecule has 2 aromatic carbocycles. The highest BCUT2D eigenvalue weighted by Gasteiger charge is 2.12. The summed E-state index contributed by atoms with van der Waals surface area (Å²) in [7, 11) is 0. The fourth-order valence-corrected chi connectivity index (χ4v) is 4.14. The monoisotopic (exact) mass is 423 g/mol. The number of hydrogen-bond donors (Lipinski definition) is 1. The molecule has 0 spiro atoms. The minimum Gasteiger partial charge on any atom is -0.379 e. The van der Waals surface area contributed by atoms with Gasteiger partial charge in [0.25, 0.3) is 5.56 Å². The Kier molecular flexibility index (Phi) is 7.12. The van der Waals surface area contributed by atoms with Crippen molar-refractivity contribution in [2.24, 2.45) is 0 Å². The Balaban J connectivity index is 1.50. The van der Waals surface area contributed by atoms with E-state index in [0.29, 0.717) is 13.1 Å². The second-order valence-corrected chi connectivity index (χ2v) is 8.24. The van der Waals surface area contributed by atoms with Crippen LogP contribution < -0.4 is 10.9 Å². The number of hydrogen-bond acceptors (Lipinski definition) is 4. The molecule has 31 heavy (non-hydrogen) atoms. The first-order chi connectivity index (χ1) is 15.1. The predicted molar refractivity (Wildman–Crippen MR) is 122 cm³/mol. The van der Waals surface area contributed by atoms with Crippen LogP contribution in [0.4, 0.5) is 4.39 Å². The Labute approximate surface area is 182 Å². The van der Waals surface area contributed by atoms with Crippen molar-refractivity contribution in [2.75, 3.05) is 39.4 Å². The maximum Gasteiger partial charge on any atom is 0.255 e. The molecule has 1 fully saturated rings. The van der Waals surface area contributed by atoms with E-state index in [9.17, 15) is 9.18 Å². The quantitative estimate of drug-likeness (QED) is 0.565. The Bertz CT molecular complexity index is 1090.